The highest BCUT2D eigenvalue weighted by molar-refractivity contribution is 7.12. The van der Waals surface area contributed by atoms with Crippen LogP contribution in [0.1, 0.15) is 15.2 Å². The van der Waals surface area contributed by atoms with Gasteiger partial charge in [-0.05, 0) is 23.4 Å². The lowest BCUT2D eigenvalue weighted by atomic mass is 10.1. The molecule has 4 heteroatoms. The second-order valence-electron chi connectivity index (χ2n) is 4.02. The molecule has 2 rings (SSSR count). The third kappa shape index (κ3) is 3.42. The van der Waals surface area contributed by atoms with Crippen LogP contribution in [0.5, 0.6) is 0 Å². The molecule has 0 radical (unpaired) electrons. The molecule has 0 bridgehead atoms. The SMILES string of the molecule is O=C(N[C@H](CO)Cc1ccccc1)c1cccs1. The van der Waals surface area contributed by atoms with E-state index in [1.807, 2.05) is 41.8 Å². The van der Waals surface area contributed by atoms with Gasteiger partial charge in [0.1, 0.15) is 0 Å². The number of benzene rings is 1. The zero-order chi connectivity index (χ0) is 12.8. The zero-order valence-corrected chi connectivity index (χ0v) is 10.7. The highest BCUT2D eigenvalue weighted by atomic mass is 32.1. The van der Waals surface area contributed by atoms with Crippen molar-refractivity contribution in [3.05, 3.63) is 58.3 Å². The van der Waals surface area contributed by atoms with E-state index in [9.17, 15) is 9.90 Å². The van der Waals surface area contributed by atoms with E-state index in [2.05, 4.69) is 5.32 Å². The molecule has 1 atom stereocenters. The standard InChI is InChI=1S/C14H15NO2S/c16-10-12(9-11-5-2-1-3-6-11)15-14(17)13-7-4-8-18-13/h1-8,12,16H,9-10H2,(H,15,17)/t12-/m0/s1. The summed E-state index contributed by atoms with van der Waals surface area (Å²) in [5, 5.41) is 14.0. The fourth-order valence-electron chi connectivity index (χ4n) is 1.72. The Morgan fingerprint density at radius 2 is 2.00 bits per heavy atom. The Hall–Kier alpha value is -1.65. The zero-order valence-electron chi connectivity index (χ0n) is 9.87. The van der Waals surface area contributed by atoms with Crippen molar-refractivity contribution in [3.8, 4) is 0 Å². The van der Waals surface area contributed by atoms with Crippen LogP contribution in [0.25, 0.3) is 0 Å². The Morgan fingerprint density at radius 1 is 1.22 bits per heavy atom. The molecule has 1 aromatic carbocycles. The summed E-state index contributed by atoms with van der Waals surface area (Å²) in [5.41, 5.74) is 1.10. The van der Waals surface area contributed by atoms with Crippen molar-refractivity contribution >= 4 is 17.2 Å². The van der Waals surface area contributed by atoms with Gasteiger partial charge in [0.15, 0.2) is 0 Å². The average molecular weight is 261 g/mol. The molecule has 0 fully saturated rings. The number of aliphatic hydroxyl groups is 1. The van der Waals surface area contributed by atoms with E-state index < -0.39 is 0 Å². The minimum atomic E-state index is -0.248. The normalized spacial score (nSPS) is 12.1. The minimum Gasteiger partial charge on any atom is -0.394 e. The maximum Gasteiger partial charge on any atom is 0.261 e. The first-order valence-electron chi connectivity index (χ1n) is 5.78. The van der Waals surface area contributed by atoms with Crippen molar-refractivity contribution in [2.24, 2.45) is 0 Å². The second kappa shape index (κ2) is 6.33. The molecule has 1 amide bonds. The highest BCUT2D eigenvalue weighted by Gasteiger charge is 2.13. The molecular formula is C14H15NO2S. The Balaban J connectivity index is 1.96. The summed E-state index contributed by atoms with van der Waals surface area (Å²) in [4.78, 5) is 12.5. The molecule has 0 spiro atoms. The summed E-state index contributed by atoms with van der Waals surface area (Å²) in [7, 11) is 0. The van der Waals surface area contributed by atoms with Crippen LogP contribution in [0, 0.1) is 0 Å². The van der Waals surface area contributed by atoms with Crippen molar-refractivity contribution < 1.29 is 9.90 Å². The third-order valence-corrected chi connectivity index (χ3v) is 3.49. The number of aliphatic hydroxyl groups excluding tert-OH is 1. The molecular weight excluding hydrogens is 246 g/mol. The van der Waals surface area contributed by atoms with Crippen LogP contribution >= 0.6 is 11.3 Å². The molecule has 2 N–H and O–H groups in total. The predicted octanol–water partition coefficient (Wildman–Crippen LogP) is 2.08. The number of amides is 1. The van der Waals surface area contributed by atoms with Gasteiger partial charge < -0.3 is 10.4 Å². The Bertz CT molecular complexity index is 482. The molecule has 0 unspecified atom stereocenters. The molecule has 1 aromatic heterocycles. The largest absolute Gasteiger partial charge is 0.394 e. The molecule has 18 heavy (non-hydrogen) atoms. The first-order chi connectivity index (χ1) is 8.79. The van der Waals surface area contributed by atoms with E-state index in [-0.39, 0.29) is 18.6 Å². The number of carbonyl (C=O) groups excluding carboxylic acids is 1. The highest BCUT2D eigenvalue weighted by Crippen LogP contribution is 2.09. The Morgan fingerprint density at radius 3 is 2.61 bits per heavy atom. The topological polar surface area (TPSA) is 49.3 Å². The Labute approximate surface area is 110 Å². The van der Waals surface area contributed by atoms with E-state index >= 15 is 0 Å². The molecule has 2 aromatic rings. The van der Waals surface area contributed by atoms with Crippen LogP contribution < -0.4 is 5.32 Å². The number of rotatable bonds is 5. The lowest BCUT2D eigenvalue weighted by Crippen LogP contribution is -2.38. The molecule has 1 heterocycles. The molecule has 3 nitrogen and oxygen atoms in total. The van der Waals surface area contributed by atoms with Gasteiger partial charge in [0.2, 0.25) is 0 Å². The van der Waals surface area contributed by atoms with Gasteiger partial charge in [-0.3, -0.25) is 4.79 Å². The van der Waals surface area contributed by atoms with Gasteiger partial charge in [-0.25, -0.2) is 0 Å². The molecule has 94 valence electrons. The maximum absolute atomic E-state index is 11.9. The van der Waals surface area contributed by atoms with Gasteiger partial charge in [-0.15, -0.1) is 11.3 Å². The summed E-state index contributed by atoms with van der Waals surface area (Å²) in [6, 6.07) is 13.2. The third-order valence-electron chi connectivity index (χ3n) is 2.63. The summed E-state index contributed by atoms with van der Waals surface area (Å²) in [6.45, 7) is -0.0635. The van der Waals surface area contributed by atoms with Gasteiger partial charge in [0.25, 0.3) is 5.91 Å². The number of nitrogens with one attached hydrogen (secondary N) is 1. The summed E-state index contributed by atoms with van der Waals surface area (Å²) < 4.78 is 0. The van der Waals surface area contributed by atoms with E-state index in [1.165, 1.54) is 11.3 Å². The van der Waals surface area contributed by atoms with Crippen molar-refractivity contribution in [3.63, 3.8) is 0 Å². The maximum atomic E-state index is 11.9. The molecule has 0 saturated carbocycles. The van der Waals surface area contributed by atoms with Crippen molar-refractivity contribution in [1.82, 2.24) is 5.32 Å². The second-order valence-corrected chi connectivity index (χ2v) is 4.97. The van der Waals surface area contributed by atoms with Crippen LogP contribution in [-0.2, 0) is 6.42 Å². The smallest absolute Gasteiger partial charge is 0.261 e. The van der Waals surface area contributed by atoms with Gasteiger partial charge in [-0.1, -0.05) is 36.4 Å². The van der Waals surface area contributed by atoms with E-state index in [0.717, 1.165) is 5.56 Å². The number of hydrogen-bond acceptors (Lipinski definition) is 3. The molecule has 0 aliphatic rings. The summed E-state index contributed by atoms with van der Waals surface area (Å²) in [5.74, 6) is -0.125. The Kier molecular flexibility index (Phi) is 4.50. The molecule has 0 aliphatic heterocycles. The summed E-state index contributed by atoms with van der Waals surface area (Å²) >= 11 is 1.40. The van der Waals surface area contributed by atoms with Crippen molar-refractivity contribution in [2.75, 3.05) is 6.61 Å². The quantitative estimate of drug-likeness (QED) is 0.865. The average Bonchev–Trinajstić information content (AvgIpc) is 2.93. The number of hydrogen-bond donors (Lipinski definition) is 2. The van der Waals surface area contributed by atoms with Gasteiger partial charge in [0.05, 0.1) is 17.5 Å². The first-order valence-corrected chi connectivity index (χ1v) is 6.66. The predicted molar refractivity (Wildman–Crippen MR) is 72.8 cm³/mol. The fourth-order valence-corrected chi connectivity index (χ4v) is 2.35. The van der Waals surface area contributed by atoms with Gasteiger partial charge in [0, 0.05) is 0 Å². The lowest BCUT2D eigenvalue weighted by Gasteiger charge is -2.15. The van der Waals surface area contributed by atoms with Gasteiger partial charge in [-0.2, -0.15) is 0 Å². The minimum absolute atomic E-state index is 0.0635. The van der Waals surface area contributed by atoms with E-state index in [0.29, 0.717) is 11.3 Å². The van der Waals surface area contributed by atoms with Crippen LogP contribution in [0.15, 0.2) is 47.8 Å². The number of thiophene rings is 1. The van der Waals surface area contributed by atoms with Crippen LogP contribution in [-0.4, -0.2) is 23.7 Å². The fraction of sp³-hybridized carbons (Fsp3) is 0.214. The summed E-state index contributed by atoms with van der Waals surface area (Å²) in [6.07, 6.45) is 0.633. The number of carbonyl (C=O) groups is 1. The monoisotopic (exact) mass is 261 g/mol. The molecule has 0 saturated heterocycles. The van der Waals surface area contributed by atoms with Crippen molar-refractivity contribution in [2.45, 2.75) is 12.5 Å². The lowest BCUT2D eigenvalue weighted by molar-refractivity contribution is 0.0920. The van der Waals surface area contributed by atoms with Crippen LogP contribution in [0.4, 0.5) is 0 Å². The van der Waals surface area contributed by atoms with E-state index in [4.69, 9.17) is 0 Å². The van der Waals surface area contributed by atoms with Crippen molar-refractivity contribution in [1.29, 1.82) is 0 Å². The molecule has 0 aliphatic carbocycles. The van der Waals surface area contributed by atoms with Gasteiger partial charge >= 0.3 is 0 Å². The van der Waals surface area contributed by atoms with E-state index in [1.54, 1.807) is 6.07 Å². The first kappa shape index (κ1) is 12.8. The van der Waals surface area contributed by atoms with Crippen LogP contribution in [0.3, 0.4) is 0 Å². The van der Waals surface area contributed by atoms with Crippen LogP contribution in [0.2, 0.25) is 0 Å².